The van der Waals surface area contributed by atoms with Gasteiger partial charge < -0.3 is 15.4 Å². The minimum Gasteiger partial charge on any atom is -0.486 e. The number of carbonyl (C=O) groups is 3. The fraction of sp³-hybridized carbons (Fsp3) is 0.115. The van der Waals surface area contributed by atoms with Crippen molar-refractivity contribution in [2.45, 2.75) is 13.5 Å². The van der Waals surface area contributed by atoms with E-state index in [9.17, 15) is 14.4 Å². The SMILES string of the molecule is Cc1cccc(NC(=O)CN2C(=O)N/C(=C/c3cc(Cl)c(OCc4ccc(Cl)cc4)c(Cl)c3)C2=O)c1. The van der Waals surface area contributed by atoms with E-state index >= 15 is 0 Å². The molecule has 1 aliphatic heterocycles. The van der Waals surface area contributed by atoms with Gasteiger partial charge in [-0.05, 0) is 66.1 Å². The number of hydrogen-bond donors (Lipinski definition) is 2. The molecule has 3 aromatic carbocycles. The van der Waals surface area contributed by atoms with Gasteiger partial charge in [0.1, 0.15) is 18.8 Å². The van der Waals surface area contributed by atoms with Crippen molar-refractivity contribution in [1.29, 1.82) is 0 Å². The fourth-order valence-corrected chi connectivity index (χ4v) is 4.22. The van der Waals surface area contributed by atoms with Crippen LogP contribution >= 0.6 is 34.8 Å². The summed E-state index contributed by atoms with van der Waals surface area (Å²) in [5.41, 5.74) is 2.88. The number of hydrogen-bond acceptors (Lipinski definition) is 4. The van der Waals surface area contributed by atoms with E-state index in [4.69, 9.17) is 39.5 Å². The van der Waals surface area contributed by atoms with Gasteiger partial charge in [0.15, 0.2) is 5.75 Å². The van der Waals surface area contributed by atoms with Crippen LogP contribution in [0, 0.1) is 6.92 Å². The van der Waals surface area contributed by atoms with Gasteiger partial charge in [-0.2, -0.15) is 0 Å². The van der Waals surface area contributed by atoms with Crippen LogP contribution < -0.4 is 15.4 Å². The van der Waals surface area contributed by atoms with Gasteiger partial charge in [0.2, 0.25) is 5.91 Å². The molecule has 7 nitrogen and oxygen atoms in total. The molecule has 10 heteroatoms. The second-order valence-corrected chi connectivity index (χ2v) is 9.28. The Kier molecular flexibility index (Phi) is 7.84. The van der Waals surface area contributed by atoms with E-state index in [0.29, 0.717) is 16.3 Å². The van der Waals surface area contributed by atoms with Crippen molar-refractivity contribution >= 4 is 64.4 Å². The second-order valence-electron chi connectivity index (χ2n) is 8.03. The predicted molar refractivity (Wildman–Crippen MR) is 140 cm³/mol. The molecule has 1 heterocycles. The Bertz CT molecular complexity index is 1350. The summed E-state index contributed by atoms with van der Waals surface area (Å²) in [5.74, 6) is -0.861. The van der Waals surface area contributed by atoms with Crippen LogP contribution in [0.2, 0.25) is 15.1 Å². The number of ether oxygens (including phenoxy) is 1. The van der Waals surface area contributed by atoms with Crippen molar-refractivity contribution < 1.29 is 19.1 Å². The van der Waals surface area contributed by atoms with Crippen LogP contribution in [0.15, 0.2) is 66.4 Å². The lowest BCUT2D eigenvalue weighted by atomic mass is 10.1. The summed E-state index contributed by atoms with van der Waals surface area (Å²) in [6.07, 6.45) is 1.43. The predicted octanol–water partition coefficient (Wildman–Crippen LogP) is 6.07. The summed E-state index contributed by atoms with van der Waals surface area (Å²) in [6.45, 7) is 1.68. The number of nitrogens with one attached hydrogen (secondary N) is 2. The van der Waals surface area contributed by atoms with E-state index in [1.807, 2.05) is 25.1 Å². The molecule has 0 aliphatic carbocycles. The van der Waals surface area contributed by atoms with E-state index in [0.717, 1.165) is 16.0 Å². The zero-order valence-electron chi connectivity index (χ0n) is 19.0. The summed E-state index contributed by atoms with van der Waals surface area (Å²) in [7, 11) is 0. The van der Waals surface area contributed by atoms with Gasteiger partial charge in [0.05, 0.1) is 10.0 Å². The number of anilines is 1. The number of carbonyl (C=O) groups excluding carboxylic acids is 3. The molecule has 1 aliphatic rings. The lowest BCUT2D eigenvalue weighted by Gasteiger charge is -2.12. The first-order chi connectivity index (χ1) is 17.2. The largest absolute Gasteiger partial charge is 0.486 e. The summed E-state index contributed by atoms with van der Waals surface area (Å²) in [6, 6.07) is 16.8. The van der Waals surface area contributed by atoms with Gasteiger partial charge in [0, 0.05) is 10.7 Å². The zero-order valence-corrected chi connectivity index (χ0v) is 21.2. The lowest BCUT2D eigenvalue weighted by molar-refractivity contribution is -0.127. The van der Waals surface area contributed by atoms with Crippen LogP contribution in [0.5, 0.6) is 5.75 Å². The van der Waals surface area contributed by atoms with Crippen LogP contribution in [0.1, 0.15) is 16.7 Å². The highest BCUT2D eigenvalue weighted by atomic mass is 35.5. The van der Waals surface area contributed by atoms with E-state index in [-0.39, 0.29) is 28.1 Å². The molecule has 0 unspecified atom stereocenters. The standard InChI is InChI=1S/C26H20Cl3N3O4/c1-15-3-2-4-19(9-15)30-23(33)13-32-25(34)22(31-26(32)35)12-17-10-20(28)24(21(29)11-17)36-14-16-5-7-18(27)8-6-16/h2-12H,13-14H2,1H3,(H,30,33)(H,31,35)/b22-12+. The van der Waals surface area contributed by atoms with Crippen LogP contribution in [-0.2, 0) is 16.2 Å². The minimum atomic E-state index is -0.703. The van der Waals surface area contributed by atoms with Crippen LogP contribution in [0.4, 0.5) is 10.5 Å². The molecule has 1 fully saturated rings. The monoisotopic (exact) mass is 543 g/mol. The maximum Gasteiger partial charge on any atom is 0.329 e. The Morgan fingerprint density at radius 1 is 1.03 bits per heavy atom. The van der Waals surface area contributed by atoms with Gasteiger partial charge in [-0.25, -0.2) is 9.69 Å². The number of amides is 4. The van der Waals surface area contributed by atoms with E-state index in [1.54, 1.807) is 42.5 Å². The molecule has 1 saturated heterocycles. The molecule has 184 valence electrons. The molecular weight excluding hydrogens is 525 g/mol. The number of aryl methyl sites for hydroxylation is 1. The molecule has 0 aromatic heterocycles. The summed E-state index contributed by atoms with van der Waals surface area (Å²) >= 11 is 18.6. The maximum atomic E-state index is 12.8. The number of rotatable bonds is 7. The van der Waals surface area contributed by atoms with E-state index in [2.05, 4.69) is 10.6 Å². The van der Waals surface area contributed by atoms with Crippen molar-refractivity contribution in [3.63, 3.8) is 0 Å². The smallest absolute Gasteiger partial charge is 0.329 e. The Morgan fingerprint density at radius 3 is 2.39 bits per heavy atom. The molecule has 4 rings (SSSR count). The molecule has 0 radical (unpaired) electrons. The van der Waals surface area contributed by atoms with Gasteiger partial charge in [-0.3, -0.25) is 9.59 Å². The molecular formula is C26H20Cl3N3O4. The van der Waals surface area contributed by atoms with Crippen molar-refractivity contribution in [3.05, 3.63) is 98.1 Å². The molecule has 2 N–H and O–H groups in total. The quantitative estimate of drug-likeness (QED) is 0.279. The fourth-order valence-electron chi connectivity index (χ4n) is 3.49. The van der Waals surface area contributed by atoms with Crippen LogP contribution in [-0.4, -0.2) is 29.3 Å². The normalized spacial score (nSPS) is 14.2. The van der Waals surface area contributed by atoms with E-state index in [1.165, 1.54) is 6.08 Å². The highest BCUT2D eigenvalue weighted by molar-refractivity contribution is 6.37. The highest BCUT2D eigenvalue weighted by Gasteiger charge is 2.35. The lowest BCUT2D eigenvalue weighted by Crippen LogP contribution is -2.38. The van der Waals surface area contributed by atoms with Crippen LogP contribution in [0.3, 0.4) is 0 Å². The summed E-state index contributed by atoms with van der Waals surface area (Å²) < 4.78 is 5.76. The molecule has 0 atom stereocenters. The van der Waals surface area contributed by atoms with Gasteiger partial charge in [0.25, 0.3) is 5.91 Å². The average Bonchev–Trinajstić information content (AvgIpc) is 3.07. The van der Waals surface area contributed by atoms with Crippen molar-refractivity contribution in [1.82, 2.24) is 10.2 Å². The average molecular weight is 545 g/mol. The Morgan fingerprint density at radius 2 is 1.72 bits per heavy atom. The first kappa shape index (κ1) is 25.6. The van der Waals surface area contributed by atoms with Gasteiger partial charge in [-0.15, -0.1) is 0 Å². The Labute approximate surface area is 222 Å². The van der Waals surface area contributed by atoms with E-state index < -0.39 is 24.4 Å². The number of nitrogens with zero attached hydrogens (tertiary/aromatic N) is 1. The Balaban J connectivity index is 1.43. The number of benzene rings is 3. The molecule has 36 heavy (non-hydrogen) atoms. The third kappa shape index (κ3) is 6.18. The van der Waals surface area contributed by atoms with Crippen molar-refractivity contribution in [2.75, 3.05) is 11.9 Å². The maximum absolute atomic E-state index is 12.8. The first-order valence-electron chi connectivity index (χ1n) is 10.8. The molecule has 4 amide bonds. The number of halogens is 3. The third-order valence-corrected chi connectivity index (χ3v) is 6.01. The molecule has 0 saturated carbocycles. The summed E-state index contributed by atoms with van der Waals surface area (Å²) in [4.78, 5) is 38.3. The Hall–Kier alpha value is -3.52. The molecule has 0 spiro atoms. The summed E-state index contributed by atoms with van der Waals surface area (Å²) in [5, 5.41) is 6.23. The van der Waals surface area contributed by atoms with Crippen molar-refractivity contribution in [2.24, 2.45) is 0 Å². The third-order valence-electron chi connectivity index (χ3n) is 5.19. The topological polar surface area (TPSA) is 87.7 Å². The van der Waals surface area contributed by atoms with Gasteiger partial charge in [-0.1, -0.05) is 59.1 Å². The first-order valence-corrected chi connectivity index (χ1v) is 11.9. The second kappa shape index (κ2) is 11.0. The molecule has 0 bridgehead atoms. The van der Waals surface area contributed by atoms with Gasteiger partial charge >= 0.3 is 6.03 Å². The zero-order chi connectivity index (χ0) is 25.8. The van der Waals surface area contributed by atoms with Crippen molar-refractivity contribution in [3.8, 4) is 5.75 Å². The number of imide groups is 1. The van der Waals surface area contributed by atoms with Crippen LogP contribution in [0.25, 0.3) is 6.08 Å². The minimum absolute atomic E-state index is 0.00896. The highest BCUT2D eigenvalue weighted by Crippen LogP contribution is 2.35. The molecule has 3 aromatic rings. The number of urea groups is 1.